The zero-order chi connectivity index (χ0) is 15.1. The summed E-state index contributed by atoms with van der Waals surface area (Å²) in [4.78, 5) is 12.2. The highest BCUT2D eigenvalue weighted by atomic mass is 16.2. The molecule has 0 radical (unpaired) electrons. The smallest absolute Gasteiger partial charge is 0.252 e. The van der Waals surface area contributed by atoms with E-state index in [-0.39, 0.29) is 12.5 Å². The molecule has 0 saturated heterocycles. The van der Waals surface area contributed by atoms with E-state index < -0.39 is 0 Å². The first-order chi connectivity index (χ1) is 10.2. The molecule has 0 unspecified atom stereocenters. The Balaban J connectivity index is 2.14. The molecule has 1 aromatic carbocycles. The third-order valence-electron chi connectivity index (χ3n) is 2.89. The van der Waals surface area contributed by atoms with Gasteiger partial charge in [-0.25, -0.2) is 0 Å². The van der Waals surface area contributed by atoms with Gasteiger partial charge in [0.1, 0.15) is 0 Å². The normalized spacial score (nSPS) is 9.81. The average Bonchev–Trinajstić information content (AvgIpc) is 2.98. The molecule has 3 N–H and O–H groups in total. The van der Waals surface area contributed by atoms with Gasteiger partial charge in [0.2, 0.25) is 0 Å². The zero-order valence-corrected chi connectivity index (χ0v) is 11.8. The minimum atomic E-state index is -0.176. The van der Waals surface area contributed by atoms with Gasteiger partial charge in [0, 0.05) is 30.3 Å². The number of aliphatic hydroxyl groups is 1. The lowest BCUT2D eigenvalue weighted by atomic mass is 10.0. The summed E-state index contributed by atoms with van der Waals surface area (Å²) in [5.74, 6) is 5.61. The van der Waals surface area contributed by atoms with E-state index in [9.17, 15) is 4.79 Å². The number of amides is 1. The van der Waals surface area contributed by atoms with Crippen molar-refractivity contribution in [1.82, 2.24) is 15.5 Å². The number of aliphatic hydroxyl groups excluding tert-OH is 1. The van der Waals surface area contributed by atoms with Crippen molar-refractivity contribution in [2.75, 3.05) is 6.61 Å². The summed E-state index contributed by atoms with van der Waals surface area (Å²) in [7, 11) is 0. The van der Waals surface area contributed by atoms with Gasteiger partial charge in [-0.1, -0.05) is 17.9 Å². The van der Waals surface area contributed by atoms with Gasteiger partial charge in [-0.15, -0.1) is 0 Å². The molecule has 21 heavy (non-hydrogen) atoms. The fourth-order valence-corrected chi connectivity index (χ4v) is 1.83. The number of aryl methyl sites for hydroxylation is 1. The van der Waals surface area contributed by atoms with Crippen LogP contribution in [-0.2, 0) is 6.54 Å². The standard InChI is InChI=1S/C16H17N3O2/c1-12-5-6-15(14(8-12)4-2-3-7-20)16(21)17-9-13-10-18-19-11-13/h5-6,8,10-11,20H,3,7,9H2,1H3,(H,17,21)(H,18,19). The molecule has 1 amide bonds. The predicted octanol–water partition coefficient (Wildman–Crippen LogP) is 1.38. The number of nitrogens with one attached hydrogen (secondary N) is 2. The summed E-state index contributed by atoms with van der Waals surface area (Å²) in [5.41, 5.74) is 3.15. The van der Waals surface area contributed by atoms with E-state index in [4.69, 9.17) is 5.11 Å². The lowest BCUT2D eigenvalue weighted by Gasteiger charge is -2.07. The fourth-order valence-electron chi connectivity index (χ4n) is 1.83. The number of carbonyl (C=O) groups is 1. The van der Waals surface area contributed by atoms with Gasteiger partial charge in [0.25, 0.3) is 5.91 Å². The van der Waals surface area contributed by atoms with Gasteiger partial charge >= 0.3 is 0 Å². The first-order valence-corrected chi connectivity index (χ1v) is 6.67. The maximum atomic E-state index is 12.2. The SMILES string of the molecule is Cc1ccc(C(=O)NCc2cn[nH]c2)c(C#CCCO)c1. The third-order valence-corrected chi connectivity index (χ3v) is 2.89. The number of rotatable bonds is 4. The Morgan fingerprint density at radius 2 is 2.33 bits per heavy atom. The van der Waals surface area contributed by atoms with Crippen molar-refractivity contribution in [2.24, 2.45) is 0 Å². The number of hydrogen-bond donors (Lipinski definition) is 3. The summed E-state index contributed by atoms with van der Waals surface area (Å²) >= 11 is 0. The molecule has 5 heteroatoms. The third kappa shape index (κ3) is 4.20. The minimum Gasteiger partial charge on any atom is -0.395 e. The molecule has 0 fully saturated rings. The Morgan fingerprint density at radius 3 is 3.05 bits per heavy atom. The van der Waals surface area contributed by atoms with Gasteiger partial charge in [0.15, 0.2) is 0 Å². The summed E-state index contributed by atoms with van der Waals surface area (Å²) in [6.45, 7) is 2.37. The summed E-state index contributed by atoms with van der Waals surface area (Å²) in [6.07, 6.45) is 3.79. The van der Waals surface area contributed by atoms with E-state index in [2.05, 4.69) is 27.4 Å². The molecule has 5 nitrogen and oxygen atoms in total. The highest BCUT2D eigenvalue weighted by molar-refractivity contribution is 5.96. The van der Waals surface area contributed by atoms with Gasteiger partial charge in [-0.2, -0.15) is 5.10 Å². The molecule has 1 heterocycles. The number of H-pyrrole nitrogens is 1. The van der Waals surface area contributed by atoms with Crippen LogP contribution in [0.25, 0.3) is 0 Å². The molecule has 2 rings (SSSR count). The van der Waals surface area contributed by atoms with Crippen molar-refractivity contribution in [3.63, 3.8) is 0 Å². The van der Waals surface area contributed by atoms with E-state index >= 15 is 0 Å². The van der Waals surface area contributed by atoms with Crippen LogP contribution in [0.2, 0.25) is 0 Å². The molecule has 2 aromatic rings. The highest BCUT2D eigenvalue weighted by Gasteiger charge is 2.10. The quantitative estimate of drug-likeness (QED) is 0.742. The molecule has 0 aliphatic carbocycles. The lowest BCUT2D eigenvalue weighted by Crippen LogP contribution is -2.23. The Labute approximate surface area is 123 Å². The van der Waals surface area contributed by atoms with Crippen molar-refractivity contribution in [1.29, 1.82) is 0 Å². The van der Waals surface area contributed by atoms with Crippen LogP contribution >= 0.6 is 0 Å². The van der Waals surface area contributed by atoms with Crippen LogP contribution in [0.4, 0.5) is 0 Å². The van der Waals surface area contributed by atoms with Crippen molar-refractivity contribution in [2.45, 2.75) is 19.9 Å². The molecule has 1 aromatic heterocycles. The highest BCUT2D eigenvalue weighted by Crippen LogP contribution is 2.11. The maximum absolute atomic E-state index is 12.2. The van der Waals surface area contributed by atoms with E-state index in [0.29, 0.717) is 24.1 Å². The Hall–Kier alpha value is -2.58. The molecule has 0 aliphatic heterocycles. The van der Waals surface area contributed by atoms with E-state index in [1.807, 2.05) is 19.1 Å². The molecular formula is C16H17N3O2. The number of aromatic amines is 1. The summed E-state index contributed by atoms with van der Waals surface area (Å²) in [6, 6.07) is 5.52. The van der Waals surface area contributed by atoms with Crippen LogP contribution in [0.15, 0.2) is 30.6 Å². The van der Waals surface area contributed by atoms with Gasteiger partial charge in [0.05, 0.1) is 18.4 Å². The molecule has 0 bridgehead atoms. The summed E-state index contributed by atoms with van der Waals surface area (Å²) in [5, 5.41) is 18.1. The summed E-state index contributed by atoms with van der Waals surface area (Å²) < 4.78 is 0. The number of hydrogen-bond acceptors (Lipinski definition) is 3. The predicted molar refractivity (Wildman–Crippen MR) is 79.5 cm³/mol. The van der Waals surface area contributed by atoms with Crippen molar-refractivity contribution >= 4 is 5.91 Å². The second kappa shape index (κ2) is 7.27. The second-order valence-electron chi connectivity index (χ2n) is 4.61. The monoisotopic (exact) mass is 283 g/mol. The van der Waals surface area contributed by atoms with Crippen LogP contribution < -0.4 is 5.32 Å². The van der Waals surface area contributed by atoms with Crippen molar-refractivity contribution in [3.8, 4) is 11.8 Å². The van der Waals surface area contributed by atoms with Crippen LogP contribution in [0.5, 0.6) is 0 Å². The minimum absolute atomic E-state index is 0.0147. The van der Waals surface area contributed by atoms with Crippen LogP contribution in [-0.4, -0.2) is 27.8 Å². The van der Waals surface area contributed by atoms with Crippen LogP contribution in [0.3, 0.4) is 0 Å². The topological polar surface area (TPSA) is 78.0 Å². The molecule has 0 atom stereocenters. The molecule has 108 valence electrons. The largest absolute Gasteiger partial charge is 0.395 e. The van der Waals surface area contributed by atoms with Gasteiger partial charge in [-0.05, 0) is 24.6 Å². The van der Waals surface area contributed by atoms with Gasteiger partial charge in [-0.3, -0.25) is 9.89 Å². The Kier molecular flexibility index (Phi) is 5.13. The molecule has 0 spiro atoms. The number of carbonyl (C=O) groups excluding carboxylic acids is 1. The van der Waals surface area contributed by atoms with Crippen LogP contribution in [0, 0.1) is 18.8 Å². The van der Waals surface area contributed by atoms with Crippen molar-refractivity contribution < 1.29 is 9.90 Å². The fraction of sp³-hybridized carbons (Fsp3) is 0.250. The molecule has 0 saturated carbocycles. The van der Waals surface area contributed by atoms with E-state index in [1.165, 1.54) is 0 Å². The molecule has 0 aliphatic rings. The Morgan fingerprint density at radius 1 is 1.48 bits per heavy atom. The number of nitrogens with zero attached hydrogens (tertiary/aromatic N) is 1. The maximum Gasteiger partial charge on any atom is 0.252 e. The van der Waals surface area contributed by atoms with Crippen molar-refractivity contribution in [3.05, 3.63) is 52.8 Å². The second-order valence-corrected chi connectivity index (χ2v) is 4.61. The first-order valence-electron chi connectivity index (χ1n) is 6.67. The zero-order valence-electron chi connectivity index (χ0n) is 11.8. The van der Waals surface area contributed by atoms with E-state index in [0.717, 1.165) is 11.1 Å². The number of aromatic nitrogens is 2. The van der Waals surface area contributed by atoms with E-state index in [1.54, 1.807) is 18.5 Å². The Bertz CT molecular complexity index is 667. The molecular weight excluding hydrogens is 266 g/mol. The average molecular weight is 283 g/mol. The van der Waals surface area contributed by atoms with Crippen LogP contribution in [0.1, 0.15) is 33.5 Å². The first kappa shape index (κ1) is 14.8. The number of benzene rings is 1. The van der Waals surface area contributed by atoms with Gasteiger partial charge < -0.3 is 10.4 Å². The lowest BCUT2D eigenvalue weighted by molar-refractivity contribution is 0.0950.